The van der Waals surface area contributed by atoms with E-state index in [1.54, 1.807) is 24.4 Å². The van der Waals surface area contributed by atoms with Crippen LogP contribution in [-0.4, -0.2) is 31.2 Å². The Morgan fingerprint density at radius 1 is 1.00 bits per heavy atom. The van der Waals surface area contributed by atoms with Crippen molar-refractivity contribution in [2.24, 2.45) is 0 Å². The van der Waals surface area contributed by atoms with Crippen LogP contribution < -0.4 is 4.74 Å². The summed E-state index contributed by atoms with van der Waals surface area (Å²) in [6, 6.07) is 17.1. The highest BCUT2D eigenvalue weighted by Crippen LogP contribution is 2.28. The number of aromatic nitrogens is 4. The number of aliphatic hydroxyl groups is 1. The molecule has 4 rings (SSSR count). The number of ether oxygens (including phenoxy) is 1. The molecule has 0 saturated heterocycles. The third-order valence-electron chi connectivity index (χ3n) is 4.43. The van der Waals surface area contributed by atoms with E-state index in [4.69, 9.17) is 4.74 Å². The first-order valence-corrected chi connectivity index (χ1v) is 9.16. The zero-order valence-electron chi connectivity index (χ0n) is 15.7. The molecule has 2 aromatic heterocycles. The molecule has 1 atom stereocenters. The number of aliphatic hydroxyl groups excluding tert-OH is 1. The first kappa shape index (κ1) is 18.8. The number of para-hydroxylation sites is 1. The van der Waals surface area contributed by atoms with E-state index in [0.29, 0.717) is 23.0 Å². The van der Waals surface area contributed by atoms with Crippen LogP contribution in [0.1, 0.15) is 13.0 Å². The Balaban J connectivity index is 1.73. The molecule has 29 heavy (non-hydrogen) atoms. The van der Waals surface area contributed by atoms with E-state index in [1.807, 2.05) is 48.0 Å². The van der Waals surface area contributed by atoms with Crippen molar-refractivity contribution in [3.8, 4) is 34.5 Å². The summed E-state index contributed by atoms with van der Waals surface area (Å²) in [5, 5.41) is 9.67. The van der Waals surface area contributed by atoms with Gasteiger partial charge in [-0.1, -0.05) is 18.2 Å². The van der Waals surface area contributed by atoms with Crippen molar-refractivity contribution in [2.45, 2.75) is 13.0 Å². The van der Waals surface area contributed by atoms with E-state index in [0.717, 1.165) is 5.56 Å². The van der Waals surface area contributed by atoms with Gasteiger partial charge in [-0.3, -0.25) is 0 Å². The van der Waals surface area contributed by atoms with Crippen molar-refractivity contribution >= 4 is 0 Å². The van der Waals surface area contributed by atoms with Crippen LogP contribution in [-0.2, 0) is 0 Å². The molecule has 7 heteroatoms. The van der Waals surface area contributed by atoms with Gasteiger partial charge < -0.3 is 14.4 Å². The van der Waals surface area contributed by atoms with E-state index < -0.39 is 0 Å². The lowest BCUT2D eigenvalue weighted by atomic mass is 10.2. The highest BCUT2D eigenvalue weighted by molar-refractivity contribution is 5.63. The summed E-state index contributed by atoms with van der Waals surface area (Å²) in [5.41, 5.74) is 1.98. The van der Waals surface area contributed by atoms with E-state index >= 15 is 0 Å². The van der Waals surface area contributed by atoms with Crippen molar-refractivity contribution in [2.75, 3.05) is 6.61 Å². The second kappa shape index (κ2) is 8.20. The Morgan fingerprint density at radius 2 is 1.76 bits per heavy atom. The maximum atomic E-state index is 13.3. The number of hydrogen-bond acceptors (Lipinski definition) is 5. The number of rotatable bonds is 6. The Morgan fingerprint density at radius 3 is 2.48 bits per heavy atom. The van der Waals surface area contributed by atoms with E-state index in [2.05, 4.69) is 15.0 Å². The molecule has 1 unspecified atom stereocenters. The van der Waals surface area contributed by atoms with Gasteiger partial charge in [-0.15, -0.1) is 0 Å². The minimum absolute atomic E-state index is 0.0648. The molecule has 2 aromatic carbocycles. The summed E-state index contributed by atoms with van der Waals surface area (Å²) < 4.78 is 20.8. The Hall–Kier alpha value is -3.58. The zero-order valence-corrected chi connectivity index (χ0v) is 15.7. The van der Waals surface area contributed by atoms with Gasteiger partial charge in [-0.05, 0) is 49.4 Å². The summed E-state index contributed by atoms with van der Waals surface area (Å²) in [7, 11) is 0. The van der Waals surface area contributed by atoms with Crippen LogP contribution in [0.5, 0.6) is 11.8 Å². The smallest absolute Gasteiger partial charge is 0.322 e. The number of benzene rings is 2. The molecule has 2 heterocycles. The molecular weight excluding hydrogens is 371 g/mol. The molecule has 1 N–H and O–H groups in total. The highest BCUT2D eigenvalue weighted by Gasteiger charge is 2.17. The van der Waals surface area contributed by atoms with Gasteiger partial charge in [0.2, 0.25) is 0 Å². The highest BCUT2D eigenvalue weighted by atomic mass is 19.1. The van der Waals surface area contributed by atoms with Crippen LogP contribution in [0.15, 0.2) is 73.1 Å². The monoisotopic (exact) mass is 390 g/mol. The topological polar surface area (TPSA) is 73.1 Å². The third-order valence-corrected chi connectivity index (χ3v) is 4.43. The molecule has 6 nitrogen and oxygen atoms in total. The summed E-state index contributed by atoms with van der Waals surface area (Å²) in [4.78, 5) is 13.3. The molecule has 4 aromatic rings. The molecule has 0 fully saturated rings. The van der Waals surface area contributed by atoms with Crippen LogP contribution in [0.4, 0.5) is 4.39 Å². The summed E-state index contributed by atoms with van der Waals surface area (Å²) in [5.74, 6) is 0.880. The second-order valence-corrected chi connectivity index (χ2v) is 6.54. The van der Waals surface area contributed by atoms with Crippen LogP contribution in [0.3, 0.4) is 0 Å². The predicted molar refractivity (Wildman–Crippen MR) is 107 cm³/mol. The fraction of sp³-hybridized carbons (Fsp3) is 0.136. The van der Waals surface area contributed by atoms with E-state index in [9.17, 15) is 9.50 Å². The van der Waals surface area contributed by atoms with Crippen molar-refractivity contribution in [3.05, 3.63) is 78.9 Å². The average Bonchev–Trinajstić information content (AvgIpc) is 3.20. The van der Waals surface area contributed by atoms with Gasteiger partial charge in [0.1, 0.15) is 17.3 Å². The van der Waals surface area contributed by atoms with E-state index in [-0.39, 0.29) is 24.5 Å². The van der Waals surface area contributed by atoms with Gasteiger partial charge in [0.05, 0.1) is 18.3 Å². The molecule has 0 aliphatic carbocycles. The molecular formula is C22H19FN4O2. The van der Waals surface area contributed by atoms with Crippen molar-refractivity contribution in [1.82, 2.24) is 19.5 Å². The molecule has 0 spiro atoms. The molecule has 0 amide bonds. The molecule has 0 bridgehead atoms. The van der Waals surface area contributed by atoms with Gasteiger partial charge in [-0.25, -0.2) is 14.4 Å². The first-order chi connectivity index (χ1) is 14.1. The van der Waals surface area contributed by atoms with Gasteiger partial charge in [0, 0.05) is 18.0 Å². The third kappa shape index (κ3) is 4.14. The summed E-state index contributed by atoms with van der Waals surface area (Å²) in [6.07, 6.45) is 3.42. The Labute approximate surface area is 167 Å². The number of nitrogens with zero attached hydrogens (tertiary/aromatic N) is 4. The van der Waals surface area contributed by atoms with Gasteiger partial charge in [-0.2, -0.15) is 4.98 Å². The largest absolute Gasteiger partial charge is 0.424 e. The molecule has 146 valence electrons. The fourth-order valence-corrected chi connectivity index (χ4v) is 2.88. The van der Waals surface area contributed by atoms with Gasteiger partial charge in [0.25, 0.3) is 0 Å². The van der Waals surface area contributed by atoms with Gasteiger partial charge in [0.15, 0.2) is 5.82 Å². The summed E-state index contributed by atoms with van der Waals surface area (Å²) >= 11 is 0. The fourth-order valence-electron chi connectivity index (χ4n) is 2.88. The minimum Gasteiger partial charge on any atom is -0.424 e. The molecule has 0 aliphatic heterocycles. The maximum Gasteiger partial charge on any atom is 0.322 e. The van der Waals surface area contributed by atoms with Gasteiger partial charge >= 0.3 is 6.01 Å². The van der Waals surface area contributed by atoms with Crippen molar-refractivity contribution in [3.63, 3.8) is 0 Å². The Bertz CT molecular complexity index is 1100. The second-order valence-electron chi connectivity index (χ2n) is 6.54. The number of hydrogen-bond donors (Lipinski definition) is 1. The van der Waals surface area contributed by atoms with Crippen LogP contribution >= 0.6 is 0 Å². The minimum atomic E-state index is -0.310. The average molecular weight is 390 g/mol. The number of halogens is 1. The molecule has 0 aliphatic rings. The lowest BCUT2D eigenvalue weighted by Gasteiger charge is -2.13. The van der Waals surface area contributed by atoms with Crippen LogP contribution in [0, 0.1) is 5.82 Å². The van der Waals surface area contributed by atoms with Crippen LogP contribution in [0.25, 0.3) is 22.8 Å². The maximum absolute atomic E-state index is 13.3. The summed E-state index contributed by atoms with van der Waals surface area (Å²) in [6.45, 7) is 1.81. The molecule has 0 saturated carbocycles. The lowest BCUT2D eigenvalue weighted by Crippen LogP contribution is -2.10. The normalized spacial score (nSPS) is 12.0. The lowest BCUT2D eigenvalue weighted by molar-refractivity contribution is 0.239. The SMILES string of the molecule is CC(CO)n1cc(-c2ccc(F)cc2)nc1-c1ccnc(Oc2ccccc2)n1. The first-order valence-electron chi connectivity index (χ1n) is 9.16. The number of imidazole rings is 1. The zero-order chi connectivity index (χ0) is 20.2. The van der Waals surface area contributed by atoms with Crippen molar-refractivity contribution < 1.29 is 14.2 Å². The quantitative estimate of drug-likeness (QED) is 0.525. The van der Waals surface area contributed by atoms with E-state index in [1.165, 1.54) is 12.1 Å². The molecule has 0 radical (unpaired) electrons. The van der Waals surface area contributed by atoms with Crippen molar-refractivity contribution in [1.29, 1.82) is 0 Å². The Kier molecular flexibility index (Phi) is 5.31. The van der Waals surface area contributed by atoms with Crippen LogP contribution in [0.2, 0.25) is 0 Å². The standard InChI is InChI=1S/C22H19FN4O2/c1-15(14-28)27-13-20(16-7-9-17(23)10-8-16)25-21(27)19-11-12-24-22(26-19)29-18-5-3-2-4-6-18/h2-13,15,28H,14H2,1H3. The predicted octanol–water partition coefficient (Wildman–Crippen LogP) is 4.49.